The van der Waals surface area contributed by atoms with Crippen LogP contribution in [0.25, 0.3) is 0 Å². The molecule has 2 saturated heterocycles. The van der Waals surface area contributed by atoms with Gasteiger partial charge >= 0.3 is 5.97 Å². The molecular formula is C15H21F2N3O2. The van der Waals surface area contributed by atoms with Crippen molar-refractivity contribution in [3.05, 3.63) is 11.3 Å². The van der Waals surface area contributed by atoms with Gasteiger partial charge in [0.25, 0.3) is 5.92 Å². The molecule has 0 saturated carbocycles. The fourth-order valence-corrected chi connectivity index (χ4v) is 3.88. The molecule has 1 N–H and O–H groups in total. The van der Waals surface area contributed by atoms with Crippen molar-refractivity contribution < 1.29 is 18.7 Å². The standard InChI is InChI=1S/C15H21F2N3O2/c1-8-9(2)18-10(3)19-5-4-11(13(8)19)20-7-15(16,17)6-12(20)14(21)22/h9,11-12H,4-7H2,1-3H3,(H,21,22)/t9-,11?,12-/m0/s1. The highest BCUT2D eigenvalue weighted by molar-refractivity contribution is 5.84. The van der Waals surface area contributed by atoms with E-state index < -0.39 is 30.9 Å². The highest BCUT2D eigenvalue weighted by atomic mass is 19.3. The minimum absolute atomic E-state index is 0.0123. The Morgan fingerprint density at radius 2 is 2.09 bits per heavy atom. The molecule has 0 amide bonds. The summed E-state index contributed by atoms with van der Waals surface area (Å²) in [5, 5.41) is 9.31. The molecule has 0 aromatic rings. The summed E-state index contributed by atoms with van der Waals surface area (Å²) in [4.78, 5) is 19.5. The van der Waals surface area contributed by atoms with Gasteiger partial charge in [0.2, 0.25) is 0 Å². The number of nitrogens with zero attached hydrogens (tertiary/aromatic N) is 3. The predicted molar refractivity (Wildman–Crippen MR) is 78.1 cm³/mol. The number of aliphatic carboxylic acids is 1. The lowest BCUT2D eigenvalue weighted by Gasteiger charge is -2.35. The monoisotopic (exact) mass is 313 g/mol. The summed E-state index contributed by atoms with van der Waals surface area (Å²) in [5.74, 6) is -3.22. The molecule has 7 heteroatoms. The Morgan fingerprint density at radius 1 is 1.41 bits per heavy atom. The fraction of sp³-hybridized carbons (Fsp3) is 0.733. The zero-order chi connectivity index (χ0) is 16.2. The molecule has 1 unspecified atom stereocenters. The number of carboxylic acid groups (broad SMARTS) is 1. The minimum atomic E-state index is -2.94. The van der Waals surface area contributed by atoms with Crippen LogP contribution in [0.5, 0.6) is 0 Å². The van der Waals surface area contributed by atoms with Crippen molar-refractivity contribution in [2.75, 3.05) is 13.1 Å². The number of halogens is 2. The Morgan fingerprint density at radius 3 is 2.73 bits per heavy atom. The molecule has 0 aromatic carbocycles. The molecule has 0 aromatic heterocycles. The first-order valence-electron chi connectivity index (χ1n) is 7.60. The molecule has 0 radical (unpaired) electrons. The number of aliphatic imine (C=N–C) groups is 1. The Labute approximate surface area is 128 Å². The summed E-state index contributed by atoms with van der Waals surface area (Å²) in [6.07, 6.45) is 0.0555. The molecule has 0 bridgehead atoms. The first-order chi connectivity index (χ1) is 10.2. The topological polar surface area (TPSA) is 56.1 Å². The molecule has 5 nitrogen and oxygen atoms in total. The molecule has 0 aliphatic carbocycles. The van der Waals surface area contributed by atoms with Crippen LogP contribution in [-0.4, -0.2) is 63.8 Å². The maximum Gasteiger partial charge on any atom is 0.321 e. The third-order valence-electron chi connectivity index (χ3n) is 5.03. The van der Waals surface area contributed by atoms with Crippen LogP contribution in [0, 0.1) is 0 Å². The van der Waals surface area contributed by atoms with Crippen LogP contribution < -0.4 is 0 Å². The highest BCUT2D eigenvalue weighted by Crippen LogP contribution is 2.41. The van der Waals surface area contributed by atoms with E-state index in [1.54, 1.807) is 0 Å². The van der Waals surface area contributed by atoms with E-state index in [0.29, 0.717) is 13.0 Å². The normalized spacial score (nSPS) is 34.9. The average Bonchev–Trinajstić information content (AvgIpc) is 2.97. The van der Waals surface area contributed by atoms with E-state index in [4.69, 9.17) is 0 Å². The van der Waals surface area contributed by atoms with Gasteiger partial charge in [-0.1, -0.05) is 0 Å². The van der Waals surface area contributed by atoms with E-state index >= 15 is 0 Å². The number of hydrogen-bond acceptors (Lipinski definition) is 4. The number of alkyl halides is 2. The van der Waals surface area contributed by atoms with Crippen molar-refractivity contribution in [3.8, 4) is 0 Å². The maximum atomic E-state index is 13.8. The zero-order valence-electron chi connectivity index (χ0n) is 13.0. The van der Waals surface area contributed by atoms with Gasteiger partial charge in [-0.15, -0.1) is 0 Å². The summed E-state index contributed by atoms with van der Waals surface area (Å²) < 4.78 is 27.5. The summed E-state index contributed by atoms with van der Waals surface area (Å²) in [6.45, 7) is 6.08. The number of carboxylic acids is 1. The van der Waals surface area contributed by atoms with Crippen molar-refractivity contribution in [3.63, 3.8) is 0 Å². The van der Waals surface area contributed by atoms with E-state index in [0.717, 1.165) is 17.1 Å². The first kappa shape index (κ1) is 15.4. The quantitative estimate of drug-likeness (QED) is 0.846. The molecule has 3 heterocycles. The molecule has 0 spiro atoms. The Kier molecular flexibility index (Phi) is 3.51. The van der Waals surface area contributed by atoms with E-state index in [9.17, 15) is 18.7 Å². The average molecular weight is 313 g/mol. The number of carbonyl (C=O) groups is 1. The highest BCUT2D eigenvalue weighted by Gasteiger charge is 2.53. The molecule has 22 heavy (non-hydrogen) atoms. The minimum Gasteiger partial charge on any atom is -0.480 e. The maximum absolute atomic E-state index is 13.8. The van der Waals surface area contributed by atoms with Gasteiger partial charge in [-0.25, -0.2) is 8.78 Å². The summed E-state index contributed by atoms with van der Waals surface area (Å²) in [6, 6.07) is -1.37. The van der Waals surface area contributed by atoms with Crippen LogP contribution in [0.1, 0.15) is 33.6 Å². The molecule has 3 atom stereocenters. The van der Waals surface area contributed by atoms with Gasteiger partial charge in [0.05, 0.1) is 18.6 Å². The number of rotatable bonds is 2. The van der Waals surface area contributed by atoms with Crippen LogP contribution in [0.2, 0.25) is 0 Å². The van der Waals surface area contributed by atoms with Crippen LogP contribution >= 0.6 is 0 Å². The van der Waals surface area contributed by atoms with Gasteiger partial charge < -0.3 is 10.0 Å². The first-order valence-corrected chi connectivity index (χ1v) is 7.60. The van der Waals surface area contributed by atoms with Crippen LogP contribution in [0.3, 0.4) is 0 Å². The van der Waals surface area contributed by atoms with Gasteiger partial charge in [-0.2, -0.15) is 0 Å². The van der Waals surface area contributed by atoms with Gasteiger partial charge in [-0.3, -0.25) is 14.7 Å². The van der Waals surface area contributed by atoms with Gasteiger partial charge in [-0.05, 0) is 32.8 Å². The molecule has 3 aliphatic rings. The number of likely N-dealkylation sites (tertiary alicyclic amines) is 1. The number of fused-ring (bicyclic) bond motifs is 1. The fourth-order valence-electron chi connectivity index (χ4n) is 3.88. The second-order valence-corrected chi connectivity index (χ2v) is 6.46. The largest absolute Gasteiger partial charge is 0.480 e. The summed E-state index contributed by atoms with van der Waals surface area (Å²) in [5.41, 5.74) is 2.02. The molecule has 122 valence electrons. The Balaban J connectivity index is 1.95. The number of hydrogen-bond donors (Lipinski definition) is 1. The van der Waals surface area contributed by atoms with Gasteiger partial charge in [0.1, 0.15) is 11.9 Å². The van der Waals surface area contributed by atoms with Crippen molar-refractivity contribution >= 4 is 11.8 Å². The molecule has 2 fully saturated rings. The third kappa shape index (κ3) is 2.31. The van der Waals surface area contributed by atoms with E-state index in [-0.39, 0.29) is 12.1 Å². The van der Waals surface area contributed by atoms with E-state index in [2.05, 4.69) is 9.89 Å². The van der Waals surface area contributed by atoms with Crippen LogP contribution in [0.4, 0.5) is 8.78 Å². The molecule has 3 rings (SSSR count). The number of amidine groups is 1. The smallest absolute Gasteiger partial charge is 0.321 e. The third-order valence-corrected chi connectivity index (χ3v) is 5.03. The molecular weight excluding hydrogens is 292 g/mol. The lowest BCUT2D eigenvalue weighted by atomic mass is 10.0. The van der Waals surface area contributed by atoms with Gasteiger partial charge in [0, 0.05) is 18.7 Å². The lowest BCUT2D eigenvalue weighted by Crippen LogP contribution is -2.45. The Bertz CT molecular complexity index is 573. The van der Waals surface area contributed by atoms with Crippen molar-refractivity contribution in [1.29, 1.82) is 0 Å². The molecule has 3 aliphatic heterocycles. The van der Waals surface area contributed by atoms with Gasteiger partial charge in [0.15, 0.2) is 0 Å². The van der Waals surface area contributed by atoms with Crippen molar-refractivity contribution in [2.24, 2.45) is 4.99 Å². The summed E-state index contributed by atoms with van der Waals surface area (Å²) >= 11 is 0. The Hall–Kier alpha value is -1.50. The van der Waals surface area contributed by atoms with Crippen LogP contribution in [-0.2, 0) is 4.79 Å². The SMILES string of the molecule is CC1=N[C@@H](C)C(C)=C2C(N3CC(F)(F)C[C@H]3C(=O)O)CCN12. The van der Waals surface area contributed by atoms with Crippen molar-refractivity contribution in [2.45, 2.75) is 57.7 Å². The lowest BCUT2D eigenvalue weighted by molar-refractivity contribution is -0.142. The second-order valence-electron chi connectivity index (χ2n) is 6.46. The van der Waals surface area contributed by atoms with Crippen LogP contribution in [0.15, 0.2) is 16.3 Å². The zero-order valence-corrected chi connectivity index (χ0v) is 13.0. The van der Waals surface area contributed by atoms with Crippen molar-refractivity contribution in [1.82, 2.24) is 9.80 Å². The van der Waals surface area contributed by atoms with E-state index in [1.807, 2.05) is 20.8 Å². The predicted octanol–water partition coefficient (Wildman–Crippen LogP) is 1.95. The second kappa shape index (κ2) is 5.01. The van der Waals surface area contributed by atoms with E-state index in [1.165, 1.54) is 4.90 Å². The summed E-state index contributed by atoms with van der Waals surface area (Å²) in [7, 11) is 0.